The monoisotopic (exact) mass is 154 g/mol. The number of hydrogen-bond donors (Lipinski definition) is 0. The fraction of sp³-hybridized carbons (Fsp3) is 0.889. The smallest absolute Gasteiger partial charge is 0.0462 e. The summed E-state index contributed by atoms with van der Waals surface area (Å²) < 4.78 is 0. The van der Waals surface area contributed by atoms with Gasteiger partial charge in [-0.1, -0.05) is 13.3 Å². The van der Waals surface area contributed by atoms with Crippen molar-refractivity contribution in [3.05, 3.63) is 0 Å². The molecule has 0 aromatic carbocycles. The molecular weight excluding hydrogens is 136 g/mol. The van der Waals surface area contributed by atoms with Crippen LogP contribution < -0.4 is 0 Å². The molecule has 0 aromatic heterocycles. The van der Waals surface area contributed by atoms with Crippen molar-refractivity contribution in [3.8, 4) is 6.57 Å². The van der Waals surface area contributed by atoms with Gasteiger partial charge in [0.1, 0.15) is 0 Å². The summed E-state index contributed by atoms with van der Waals surface area (Å²) in [7, 11) is 2.24. The maximum Gasteiger partial charge on any atom is 0.0462 e. The summed E-state index contributed by atoms with van der Waals surface area (Å²) in [5.41, 5.74) is 0. The quantitative estimate of drug-likeness (QED) is 0.608. The molecule has 64 valence electrons. The molecule has 1 unspecified atom stereocenters. The number of nitrogens with zero attached hydrogens (tertiary/aromatic N) is 2. The van der Waals surface area contributed by atoms with E-state index in [4.69, 9.17) is 5.26 Å². The highest BCUT2D eigenvalue weighted by Crippen LogP contribution is 2.18. The van der Waals surface area contributed by atoms with Crippen molar-refractivity contribution >= 4 is 0 Å². The molecule has 0 spiro atoms. The highest BCUT2D eigenvalue weighted by atomic mass is 15.1. The van der Waals surface area contributed by atoms with E-state index in [2.05, 4.69) is 25.4 Å². The first-order valence-corrected chi connectivity index (χ1v) is 4.30. The molecule has 0 aromatic rings. The van der Waals surface area contributed by atoms with E-state index >= 15 is 0 Å². The number of likely N-dealkylation sites (tertiary alicyclic amines) is 1. The van der Waals surface area contributed by atoms with Crippen molar-refractivity contribution in [1.82, 2.24) is 4.90 Å². The summed E-state index contributed by atoms with van der Waals surface area (Å²) in [6, 6.07) is 0.912. The lowest BCUT2D eigenvalue weighted by atomic mass is 10.1. The topological polar surface area (TPSA) is 27.0 Å². The summed E-state index contributed by atoms with van der Waals surface area (Å²) in [6.07, 6.45) is 5.59. The zero-order valence-electron chi connectivity index (χ0n) is 7.58. The molecule has 0 saturated carbocycles. The molecule has 1 rings (SSSR count). The Morgan fingerprint density at radius 3 is 2.55 bits per heavy atom. The molecule has 0 bridgehead atoms. The van der Waals surface area contributed by atoms with Gasteiger partial charge in [-0.25, -0.2) is 5.26 Å². The fourth-order valence-electron chi connectivity index (χ4n) is 1.68. The normalized spacial score (nSPS) is 24.2. The van der Waals surface area contributed by atoms with E-state index in [1.807, 2.05) is 0 Å². The van der Waals surface area contributed by atoms with Crippen LogP contribution in [0.25, 0.3) is 0 Å². The summed E-state index contributed by atoms with van der Waals surface area (Å²) in [4.78, 5) is 2.49. The van der Waals surface area contributed by atoms with Crippen molar-refractivity contribution < 1.29 is 0 Å². The van der Waals surface area contributed by atoms with E-state index in [9.17, 15) is 0 Å². The first-order chi connectivity index (χ1) is 5.34. The first kappa shape index (κ1) is 10.4. The maximum absolute atomic E-state index is 6.50. The van der Waals surface area contributed by atoms with Crippen LogP contribution in [-0.4, -0.2) is 24.5 Å². The summed E-state index contributed by atoms with van der Waals surface area (Å²) in [5, 5.41) is 6.50. The molecule has 11 heavy (non-hydrogen) atoms. The highest BCUT2D eigenvalue weighted by molar-refractivity contribution is 4.75. The van der Waals surface area contributed by atoms with Crippen LogP contribution >= 0.6 is 0 Å². The van der Waals surface area contributed by atoms with Crippen LogP contribution in [0.2, 0.25) is 0 Å². The second-order valence-electron chi connectivity index (χ2n) is 3.07. The van der Waals surface area contributed by atoms with E-state index in [0.717, 1.165) is 6.04 Å². The van der Waals surface area contributed by atoms with Crippen LogP contribution in [-0.2, 0) is 0 Å². The van der Waals surface area contributed by atoms with Crippen LogP contribution in [0, 0.1) is 11.8 Å². The van der Waals surface area contributed by atoms with Crippen molar-refractivity contribution in [1.29, 1.82) is 5.26 Å². The minimum atomic E-state index is 0.912. The van der Waals surface area contributed by atoms with Crippen LogP contribution in [0.5, 0.6) is 0 Å². The first-order valence-electron chi connectivity index (χ1n) is 4.30. The second-order valence-corrected chi connectivity index (χ2v) is 3.07. The van der Waals surface area contributed by atoms with Gasteiger partial charge in [-0.05, 0) is 32.9 Å². The molecule has 2 nitrogen and oxygen atoms in total. The molecule has 1 saturated heterocycles. The molecule has 2 heteroatoms. The molecule has 0 N–H and O–H groups in total. The molecule has 0 radical (unpaired) electrons. The molecule has 1 fully saturated rings. The lowest BCUT2D eigenvalue weighted by Gasteiger charge is -2.17. The Morgan fingerprint density at radius 2 is 2.18 bits per heavy atom. The van der Waals surface area contributed by atoms with Gasteiger partial charge in [0.2, 0.25) is 0 Å². The zero-order valence-corrected chi connectivity index (χ0v) is 7.58. The van der Waals surface area contributed by atoms with E-state index in [1.54, 1.807) is 0 Å². The van der Waals surface area contributed by atoms with Crippen molar-refractivity contribution in [2.24, 2.45) is 0 Å². The van der Waals surface area contributed by atoms with Gasteiger partial charge < -0.3 is 4.90 Å². The Bertz CT molecular complexity index is 109. The molecular formula is C9H18N2. The van der Waals surface area contributed by atoms with Crippen LogP contribution in [0.1, 0.15) is 32.6 Å². The number of nitriles is 1. The standard InChI is InChI=1S/C8H17N.CHN/c1-3-5-8-6-4-7-9(8)2;1-2/h8H,3-7H2,1-2H3;1H. The van der Waals surface area contributed by atoms with Crippen molar-refractivity contribution in [2.45, 2.75) is 38.6 Å². The minimum Gasteiger partial charge on any atom is -0.303 e. The third kappa shape index (κ3) is 3.38. The molecule has 1 atom stereocenters. The average molecular weight is 154 g/mol. The molecule has 0 aliphatic carbocycles. The van der Waals surface area contributed by atoms with Crippen molar-refractivity contribution in [2.75, 3.05) is 13.6 Å². The van der Waals surface area contributed by atoms with Gasteiger partial charge >= 0.3 is 0 Å². The summed E-state index contributed by atoms with van der Waals surface area (Å²) in [6.45, 7) is 7.09. The number of rotatable bonds is 2. The summed E-state index contributed by atoms with van der Waals surface area (Å²) in [5.74, 6) is 0. The van der Waals surface area contributed by atoms with Gasteiger partial charge in [0.25, 0.3) is 0 Å². The third-order valence-corrected chi connectivity index (χ3v) is 2.29. The Hall–Kier alpha value is -0.550. The Balaban J connectivity index is 0.000000461. The molecule has 1 aliphatic rings. The molecule has 1 aliphatic heterocycles. The van der Waals surface area contributed by atoms with E-state index < -0.39 is 0 Å². The predicted molar refractivity (Wildman–Crippen MR) is 47.2 cm³/mol. The van der Waals surface area contributed by atoms with Crippen LogP contribution in [0.3, 0.4) is 0 Å². The van der Waals surface area contributed by atoms with E-state index in [-0.39, 0.29) is 0 Å². The lowest BCUT2D eigenvalue weighted by molar-refractivity contribution is 0.295. The highest BCUT2D eigenvalue weighted by Gasteiger charge is 2.18. The van der Waals surface area contributed by atoms with Gasteiger partial charge in [0.05, 0.1) is 0 Å². The fourth-order valence-corrected chi connectivity index (χ4v) is 1.68. The van der Waals surface area contributed by atoms with Crippen LogP contribution in [0.4, 0.5) is 0 Å². The SMILES string of the molecule is C#N.CCCC1CCCN1C. The Labute approximate surface area is 69.8 Å². The molecule has 1 heterocycles. The van der Waals surface area contributed by atoms with Gasteiger partial charge in [0, 0.05) is 12.6 Å². The maximum atomic E-state index is 6.50. The van der Waals surface area contributed by atoms with Gasteiger partial charge in [-0.2, -0.15) is 0 Å². The summed E-state index contributed by atoms with van der Waals surface area (Å²) >= 11 is 0. The van der Waals surface area contributed by atoms with Crippen molar-refractivity contribution in [3.63, 3.8) is 0 Å². The largest absolute Gasteiger partial charge is 0.303 e. The zero-order chi connectivity index (χ0) is 8.69. The lowest BCUT2D eigenvalue weighted by Crippen LogP contribution is -2.24. The van der Waals surface area contributed by atoms with E-state index in [1.165, 1.54) is 32.2 Å². The van der Waals surface area contributed by atoms with Crippen LogP contribution in [0.15, 0.2) is 0 Å². The average Bonchev–Trinajstić information content (AvgIpc) is 2.42. The number of hydrogen-bond acceptors (Lipinski definition) is 2. The second kappa shape index (κ2) is 6.18. The third-order valence-electron chi connectivity index (χ3n) is 2.29. The molecule has 0 amide bonds. The van der Waals surface area contributed by atoms with Gasteiger partial charge in [0.15, 0.2) is 0 Å². The van der Waals surface area contributed by atoms with Gasteiger partial charge in [-0.3, -0.25) is 0 Å². The minimum absolute atomic E-state index is 0.912. The van der Waals surface area contributed by atoms with Gasteiger partial charge in [-0.15, -0.1) is 0 Å². The Morgan fingerprint density at radius 1 is 1.55 bits per heavy atom. The Kier molecular flexibility index (Phi) is 5.87. The van der Waals surface area contributed by atoms with E-state index in [0.29, 0.717) is 0 Å². The predicted octanol–water partition coefficient (Wildman–Crippen LogP) is 2.02.